The largest absolute Gasteiger partial charge is 0.490 e. The van der Waals surface area contributed by atoms with Gasteiger partial charge < -0.3 is 14.2 Å². The molecule has 57 heavy (non-hydrogen) atoms. The first-order chi connectivity index (χ1) is 28.2. The van der Waals surface area contributed by atoms with Crippen molar-refractivity contribution in [1.82, 2.24) is 0 Å². The van der Waals surface area contributed by atoms with Crippen LogP contribution < -0.4 is 9.47 Å². The molecule has 3 heteroatoms. The summed E-state index contributed by atoms with van der Waals surface area (Å²) in [7, 11) is 0. The van der Waals surface area contributed by atoms with Crippen LogP contribution in [0.4, 0.5) is 0 Å². The van der Waals surface area contributed by atoms with Gasteiger partial charge in [0.05, 0.1) is 13.2 Å². The van der Waals surface area contributed by atoms with Crippen molar-refractivity contribution in [2.45, 2.75) is 181 Å². The van der Waals surface area contributed by atoms with Crippen LogP contribution in [0.3, 0.4) is 0 Å². The molecule has 0 spiro atoms. The smallest absolute Gasteiger partial charge is 0.161 e. The maximum absolute atomic E-state index is 6.40. The Morgan fingerprint density at radius 3 is 1.19 bits per heavy atom. The van der Waals surface area contributed by atoms with E-state index in [1.54, 1.807) is 0 Å². The molecule has 0 fully saturated rings. The van der Waals surface area contributed by atoms with Crippen molar-refractivity contribution < 1.29 is 14.2 Å². The van der Waals surface area contributed by atoms with E-state index in [2.05, 4.69) is 112 Å². The first-order valence-corrected chi connectivity index (χ1v) is 23.7. The number of hydrogen-bond donors (Lipinski definition) is 0. The molecule has 0 bridgehead atoms. The summed E-state index contributed by atoms with van der Waals surface area (Å²) in [5, 5.41) is 0. The van der Waals surface area contributed by atoms with Crippen molar-refractivity contribution in [3.8, 4) is 11.5 Å². The molecular formula is C54H82O3. The quantitative estimate of drug-likeness (QED) is 0.0435. The van der Waals surface area contributed by atoms with Gasteiger partial charge in [-0.15, -0.1) is 0 Å². The van der Waals surface area contributed by atoms with Crippen molar-refractivity contribution in [3.05, 3.63) is 94.5 Å². The molecule has 0 saturated heterocycles. The Morgan fingerprint density at radius 1 is 0.333 bits per heavy atom. The van der Waals surface area contributed by atoms with E-state index in [0.717, 1.165) is 75.6 Å². The molecule has 0 saturated carbocycles. The average Bonchev–Trinajstić information content (AvgIpc) is 3.24. The summed E-state index contributed by atoms with van der Waals surface area (Å²) in [6.45, 7) is 10.1. The highest BCUT2D eigenvalue weighted by atomic mass is 16.5. The molecule has 316 valence electrons. The van der Waals surface area contributed by atoms with E-state index < -0.39 is 0 Å². The summed E-state index contributed by atoms with van der Waals surface area (Å²) < 4.78 is 18.4. The zero-order valence-electron chi connectivity index (χ0n) is 36.9. The van der Waals surface area contributed by atoms with E-state index >= 15 is 0 Å². The number of aryl methyl sites for hydroxylation is 1. The zero-order chi connectivity index (χ0) is 40.3. The SMILES string of the molecule is CCCCCCCCCCCCOc1ccc(C=Cc2ccc(C=Cc3ccc(CCCCOCCCC)cc3)cc2)cc1OCCCCCCCCCCCC. The fourth-order valence-corrected chi connectivity index (χ4v) is 7.18. The molecule has 0 aliphatic rings. The van der Waals surface area contributed by atoms with E-state index in [0.29, 0.717) is 0 Å². The van der Waals surface area contributed by atoms with Gasteiger partial charge in [0.2, 0.25) is 0 Å². The fraction of sp³-hybridized carbons (Fsp3) is 0.593. The molecule has 0 unspecified atom stereocenters. The highest BCUT2D eigenvalue weighted by Crippen LogP contribution is 2.30. The molecule has 0 N–H and O–H groups in total. The predicted molar refractivity (Wildman–Crippen MR) is 251 cm³/mol. The second-order valence-corrected chi connectivity index (χ2v) is 16.3. The van der Waals surface area contributed by atoms with Crippen LogP contribution in [-0.4, -0.2) is 26.4 Å². The minimum Gasteiger partial charge on any atom is -0.490 e. The molecular weight excluding hydrogens is 697 g/mol. The molecule has 0 aliphatic carbocycles. The highest BCUT2D eigenvalue weighted by Gasteiger charge is 2.07. The topological polar surface area (TPSA) is 27.7 Å². The normalized spacial score (nSPS) is 11.6. The van der Waals surface area contributed by atoms with Gasteiger partial charge in [-0.05, 0) is 78.5 Å². The second kappa shape index (κ2) is 33.6. The van der Waals surface area contributed by atoms with Crippen LogP contribution in [0.15, 0.2) is 66.7 Å². The van der Waals surface area contributed by atoms with Crippen LogP contribution in [0.2, 0.25) is 0 Å². The van der Waals surface area contributed by atoms with E-state index in [1.807, 2.05) is 0 Å². The van der Waals surface area contributed by atoms with Crippen molar-refractivity contribution in [1.29, 1.82) is 0 Å². The lowest BCUT2D eigenvalue weighted by Gasteiger charge is -2.14. The van der Waals surface area contributed by atoms with E-state index in [-0.39, 0.29) is 0 Å². The van der Waals surface area contributed by atoms with Crippen LogP contribution in [0.25, 0.3) is 24.3 Å². The lowest BCUT2D eigenvalue weighted by molar-refractivity contribution is 0.127. The first-order valence-electron chi connectivity index (χ1n) is 23.7. The minimum absolute atomic E-state index is 0.743. The number of unbranched alkanes of at least 4 members (excludes halogenated alkanes) is 20. The molecule has 0 aromatic heterocycles. The third kappa shape index (κ3) is 24.3. The summed E-state index contributed by atoms with van der Waals surface area (Å²) in [5.41, 5.74) is 6.14. The summed E-state index contributed by atoms with van der Waals surface area (Å²) in [6, 6.07) is 24.2. The van der Waals surface area contributed by atoms with Gasteiger partial charge in [-0.25, -0.2) is 0 Å². The third-order valence-electron chi connectivity index (χ3n) is 11.0. The average molecular weight is 779 g/mol. The number of rotatable bonds is 36. The van der Waals surface area contributed by atoms with Gasteiger partial charge in [-0.2, -0.15) is 0 Å². The van der Waals surface area contributed by atoms with Crippen molar-refractivity contribution in [3.63, 3.8) is 0 Å². The molecule has 3 nitrogen and oxygen atoms in total. The summed E-state index contributed by atoms with van der Waals surface area (Å²) >= 11 is 0. The molecule has 0 amide bonds. The molecule has 3 aromatic carbocycles. The minimum atomic E-state index is 0.743. The Labute approximate surface area is 351 Å². The van der Waals surface area contributed by atoms with Crippen LogP contribution in [0, 0.1) is 0 Å². The van der Waals surface area contributed by atoms with Gasteiger partial charge >= 0.3 is 0 Å². The van der Waals surface area contributed by atoms with Crippen LogP contribution in [-0.2, 0) is 11.2 Å². The summed E-state index contributed by atoms with van der Waals surface area (Å²) in [4.78, 5) is 0. The molecule has 3 aromatic rings. The molecule has 3 rings (SSSR count). The van der Waals surface area contributed by atoms with Crippen molar-refractivity contribution in [2.75, 3.05) is 26.4 Å². The zero-order valence-corrected chi connectivity index (χ0v) is 36.9. The lowest BCUT2D eigenvalue weighted by atomic mass is 10.0. The van der Waals surface area contributed by atoms with Crippen LogP contribution in [0.5, 0.6) is 11.5 Å². The summed E-state index contributed by atoms with van der Waals surface area (Å²) in [5.74, 6) is 1.75. The summed E-state index contributed by atoms with van der Waals surface area (Å²) in [6.07, 6.45) is 41.1. The Balaban J connectivity index is 1.46. The van der Waals surface area contributed by atoms with E-state index in [4.69, 9.17) is 14.2 Å². The van der Waals surface area contributed by atoms with Gasteiger partial charge in [-0.3, -0.25) is 0 Å². The van der Waals surface area contributed by atoms with E-state index in [1.165, 1.54) is 151 Å². The highest BCUT2D eigenvalue weighted by molar-refractivity contribution is 5.73. The maximum Gasteiger partial charge on any atom is 0.161 e. The molecule has 0 radical (unpaired) electrons. The standard InChI is InChI=1S/C54H82O3/c1-4-7-10-12-14-16-18-20-22-25-45-56-53-42-41-52(47-54(53)57-46-26-23-21-19-17-15-13-11-8-5-2)40-39-51-37-35-50(36-38-51)34-33-49-31-29-48(30-32-49)28-24-27-44-55-43-9-6-3/h29-42,47H,4-28,43-46H2,1-3H3. The van der Waals surface area contributed by atoms with Crippen molar-refractivity contribution in [2.24, 2.45) is 0 Å². The molecule has 0 heterocycles. The Morgan fingerprint density at radius 2 is 0.702 bits per heavy atom. The molecule has 0 aliphatic heterocycles. The maximum atomic E-state index is 6.40. The first kappa shape index (κ1) is 48.1. The van der Waals surface area contributed by atoms with E-state index in [9.17, 15) is 0 Å². The van der Waals surface area contributed by atoms with Gasteiger partial charge in [-0.1, -0.05) is 222 Å². The van der Waals surface area contributed by atoms with Crippen LogP contribution >= 0.6 is 0 Å². The van der Waals surface area contributed by atoms with Gasteiger partial charge in [0, 0.05) is 13.2 Å². The number of benzene rings is 3. The predicted octanol–water partition coefficient (Wildman–Crippen LogP) is 16.8. The number of ether oxygens (including phenoxy) is 3. The van der Waals surface area contributed by atoms with Gasteiger partial charge in [0.1, 0.15) is 0 Å². The third-order valence-corrected chi connectivity index (χ3v) is 11.0. The van der Waals surface area contributed by atoms with Crippen LogP contribution in [0.1, 0.15) is 203 Å². The van der Waals surface area contributed by atoms with Gasteiger partial charge in [0.25, 0.3) is 0 Å². The van der Waals surface area contributed by atoms with Crippen molar-refractivity contribution >= 4 is 24.3 Å². The lowest BCUT2D eigenvalue weighted by Crippen LogP contribution is -2.03. The fourth-order valence-electron chi connectivity index (χ4n) is 7.18. The second-order valence-electron chi connectivity index (χ2n) is 16.3. The monoisotopic (exact) mass is 779 g/mol. The molecule has 0 atom stereocenters. The number of hydrogen-bond acceptors (Lipinski definition) is 3. The Bertz CT molecular complexity index is 1420. The van der Waals surface area contributed by atoms with Gasteiger partial charge in [0.15, 0.2) is 11.5 Å². The Kier molecular flexibility index (Phi) is 28.4. The Hall–Kier alpha value is -3.30.